The molecule has 30 heavy (non-hydrogen) atoms. The Kier molecular flexibility index (Phi) is 6.04. The molecule has 0 fully saturated rings. The second kappa shape index (κ2) is 8.51. The fraction of sp³-hybridized carbons (Fsp3) is 0.211. The van der Waals surface area contributed by atoms with Crippen LogP contribution in [0.2, 0.25) is 0 Å². The summed E-state index contributed by atoms with van der Waals surface area (Å²) in [6.45, 7) is 0. The molecular formula is C19H20N4O6S. The molecule has 0 atom stereocenters. The molecule has 1 aromatic heterocycles. The van der Waals surface area contributed by atoms with E-state index in [0.717, 1.165) is 4.31 Å². The van der Waals surface area contributed by atoms with Gasteiger partial charge in [0.25, 0.3) is 11.8 Å². The quantitative estimate of drug-likeness (QED) is 0.603. The summed E-state index contributed by atoms with van der Waals surface area (Å²) in [6, 6.07) is 10.6. The third-order valence-corrected chi connectivity index (χ3v) is 6.00. The Morgan fingerprint density at radius 2 is 1.73 bits per heavy atom. The van der Waals surface area contributed by atoms with Crippen molar-refractivity contribution in [2.24, 2.45) is 0 Å². The predicted molar refractivity (Wildman–Crippen MR) is 108 cm³/mol. The first-order valence-corrected chi connectivity index (χ1v) is 10.1. The van der Waals surface area contributed by atoms with Crippen molar-refractivity contribution in [2.75, 3.05) is 33.6 Å². The van der Waals surface area contributed by atoms with Crippen LogP contribution in [-0.4, -0.2) is 57.1 Å². The van der Waals surface area contributed by atoms with Gasteiger partial charge in [-0.05, 0) is 36.4 Å². The van der Waals surface area contributed by atoms with Crippen LogP contribution in [0.4, 0.5) is 6.01 Å². The standard InChI is InChI=1S/C19H20N4O6S/c1-23(2)30(25,26)13-10-8-12(9-11-13)17(24)20-19-22-21-18(29-19)14-6-5-7-15(27-3)16(14)28-4/h5-11H,1-4H3,(H,20,22,24). The second-order valence-corrected chi connectivity index (χ2v) is 8.37. The van der Waals surface area contributed by atoms with E-state index in [4.69, 9.17) is 13.9 Å². The Bertz CT molecular complexity index is 1160. The minimum absolute atomic E-state index is 0.0780. The molecule has 3 aromatic rings. The first kappa shape index (κ1) is 21.3. The lowest BCUT2D eigenvalue weighted by atomic mass is 10.2. The number of nitrogens with zero attached hydrogens (tertiary/aromatic N) is 3. The van der Waals surface area contributed by atoms with Crippen molar-refractivity contribution in [2.45, 2.75) is 4.90 Å². The number of anilines is 1. The average molecular weight is 432 g/mol. The molecule has 0 aliphatic carbocycles. The van der Waals surface area contributed by atoms with Gasteiger partial charge < -0.3 is 13.9 Å². The fourth-order valence-electron chi connectivity index (χ4n) is 2.60. The Balaban J connectivity index is 1.79. The molecule has 0 spiro atoms. The number of ether oxygens (including phenoxy) is 2. The van der Waals surface area contributed by atoms with Crippen molar-refractivity contribution in [3.05, 3.63) is 48.0 Å². The van der Waals surface area contributed by atoms with E-state index in [2.05, 4.69) is 15.5 Å². The zero-order chi connectivity index (χ0) is 21.9. The summed E-state index contributed by atoms with van der Waals surface area (Å²) in [6.07, 6.45) is 0. The van der Waals surface area contributed by atoms with Crippen LogP contribution in [0.25, 0.3) is 11.5 Å². The highest BCUT2D eigenvalue weighted by Gasteiger charge is 2.20. The second-order valence-electron chi connectivity index (χ2n) is 6.22. The van der Waals surface area contributed by atoms with Gasteiger partial charge in [0.1, 0.15) is 0 Å². The van der Waals surface area contributed by atoms with Crippen LogP contribution in [0.3, 0.4) is 0 Å². The number of hydrogen-bond acceptors (Lipinski definition) is 8. The number of carbonyl (C=O) groups excluding carboxylic acids is 1. The zero-order valence-electron chi connectivity index (χ0n) is 16.7. The van der Waals surface area contributed by atoms with Crippen molar-refractivity contribution < 1.29 is 27.1 Å². The largest absolute Gasteiger partial charge is 0.493 e. The molecule has 0 saturated heterocycles. The van der Waals surface area contributed by atoms with Gasteiger partial charge in [-0.25, -0.2) is 12.7 Å². The first-order chi connectivity index (χ1) is 14.3. The first-order valence-electron chi connectivity index (χ1n) is 8.66. The highest BCUT2D eigenvalue weighted by atomic mass is 32.2. The van der Waals surface area contributed by atoms with E-state index >= 15 is 0 Å². The molecule has 1 amide bonds. The maximum Gasteiger partial charge on any atom is 0.322 e. The van der Waals surface area contributed by atoms with Crippen LogP contribution in [0.5, 0.6) is 11.5 Å². The van der Waals surface area contributed by atoms with Gasteiger partial charge in [0, 0.05) is 19.7 Å². The van der Waals surface area contributed by atoms with Crippen LogP contribution in [0.1, 0.15) is 10.4 Å². The monoisotopic (exact) mass is 432 g/mol. The number of aromatic nitrogens is 2. The number of para-hydroxylation sites is 1. The minimum Gasteiger partial charge on any atom is -0.493 e. The average Bonchev–Trinajstić information content (AvgIpc) is 3.21. The van der Waals surface area contributed by atoms with Gasteiger partial charge >= 0.3 is 6.01 Å². The number of hydrogen-bond donors (Lipinski definition) is 1. The van der Waals surface area contributed by atoms with Gasteiger partial charge in [-0.2, -0.15) is 0 Å². The van der Waals surface area contributed by atoms with E-state index in [-0.39, 0.29) is 22.4 Å². The van der Waals surface area contributed by atoms with Crippen LogP contribution in [0.15, 0.2) is 51.8 Å². The summed E-state index contributed by atoms with van der Waals surface area (Å²) in [5.74, 6) is 0.510. The normalized spacial score (nSPS) is 11.4. The number of methoxy groups -OCH3 is 2. The summed E-state index contributed by atoms with van der Waals surface area (Å²) in [5, 5.41) is 10.2. The molecule has 1 N–H and O–H groups in total. The highest BCUT2D eigenvalue weighted by molar-refractivity contribution is 7.89. The Morgan fingerprint density at radius 3 is 2.33 bits per heavy atom. The van der Waals surface area contributed by atoms with Crippen molar-refractivity contribution in [1.29, 1.82) is 0 Å². The summed E-state index contributed by atoms with van der Waals surface area (Å²) in [5.41, 5.74) is 0.731. The van der Waals surface area contributed by atoms with Crippen molar-refractivity contribution in [1.82, 2.24) is 14.5 Å². The number of nitrogens with one attached hydrogen (secondary N) is 1. The molecule has 3 rings (SSSR count). The van der Waals surface area contributed by atoms with Gasteiger partial charge in [-0.1, -0.05) is 11.2 Å². The molecule has 0 bridgehead atoms. The van der Waals surface area contributed by atoms with E-state index in [1.54, 1.807) is 18.2 Å². The molecule has 11 heteroatoms. The summed E-state index contributed by atoms with van der Waals surface area (Å²) in [7, 11) is 2.28. The number of sulfonamides is 1. The Hall–Kier alpha value is -3.44. The van der Waals surface area contributed by atoms with E-state index in [1.165, 1.54) is 52.6 Å². The summed E-state index contributed by atoms with van der Waals surface area (Å²) < 4.78 is 41.4. The SMILES string of the molecule is COc1cccc(-c2nnc(NC(=O)c3ccc(S(=O)(=O)N(C)C)cc3)o2)c1OC. The van der Waals surface area contributed by atoms with Crippen molar-refractivity contribution >= 4 is 21.9 Å². The third kappa shape index (κ3) is 4.11. The smallest absolute Gasteiger partial charge is 0.322 e. The van der Waals surface area contributed by atoms with Gasteiger partial charge in [0.15, 0.2) is 11.5 Å². The molecule has 2 aromatic carbocycles. The van der Waals surface area contributed by atoms with Crippen LogP contribution < -0.4 is 14.8 Å². The van der Waals surface area contributed by atoms with E-state index in [0.29, 0.717) is 17.1 Å². The molecule has 10 nitrogen and oxygen atoms in total. The lowest BCUT2D eigenvalue weighted by molar-refractivity contribution is 0.102. The van der Waals surface area contributed by atoms with Crippen LogP contribution in [-0.2, 0) is 10.0 Å². The molecular weight excluding hydrogens is 412 g/mol. The molecule has 0 aliphatic rings. The van der Waals surface area contributed by atoms with Crippen molar-refractivity contribution in [3.63, 3.8) is 0 Å². The topological polar surface area (TPSA) is 124 Å². The molecule has 0 saturated carbocycles. The molecule has 158 valence electrons. The number of carbonyl (C=O) groups is 1. The van der Waals surface area contributed by atoms with Crippen LogP contribution in [0, 0.1) is 0 Å². The maximum absolute atomic E-state index is 12.4. The van der Waals surface area contributed by atoms with Gasteiger partial charge in [0.2, 0.25) is 10.0 Å². The Morgan fingerprint density at radius 1 is 1.03 bits per heavy atom. The third-order valence-electron chi connectivity index (χ3n) is 4.17. The van der Waals surface area contributed by atoms with Crippen molar-refractivity contribution in [3.8, 4) is 23.0 Å². The number of amides is 1. The molecule has 0 unspecified atom stereocenters. The van der Waals surface area contributed by atoms with Gasteiger partial charge in [0.05, 0.1) is 24.7 Å². The van der Waals surface area contributed by atoms with Gasteiger partial charge in [-0.15, -0.1) is 5.10 Å². The van der Waals surface area contributed by atoms with E-state index in [1.807, 2.05) is 0 Å². The highest BCUT2D eigenvalue weighted by Crippen LogP contribution is 2.37. The minimum atomic E-state index is -3.58. The maximum atomic E-state index is 12.4. The lowest BCUT2D eigenvalue weighted by Crippen LogP contribution is -2.22. The molecule has 0 radical (unpaired) electrons. The molecule has 0 aliphatic heterocycles. The Labute approximate surface area is 173 Å². The number of rotatable bonds is 7. The zero-order valence-corrected chi connectivity index (χ0v) is 17.6. The molecule has 1 heterocycles. The number of benzene rings is 2. The van der Waals surface area contributed by atoms with E-state index < -0.39 is 15.9 Å². The lowest BCUT2D eigenvalue weighted by Gasteiger charge is -2.11. The summed E-state index contributed by atoms with van der Waals surface area (Å²) in [4.78, 5) is 12.5. The predicted octanol–water partition coefficient (Wildman–Crippen LogP) is 2.26. The summed E-state index contributed by atoms with van der Waals surface area (Å²) >= 11 is 0. The van der Waals surface area contributed by atoms with Gasteiger partial charge in [-0.3, -0.25) is 10.1 Å². The van der Waals surface area contributed by atoms with E-state index in [9.17, 15) is 13.2 Å². The van der Waals surface area contributed by atoms with Crippen LogP contribution >= 0.6 is 0 Å². The fourth-order valence-corrected chi connectivity index (χ4v) is 3.50.